The summed E-state index contributed by atoms with van der Waals surface area (Å²) in [5.74, 6) is -0.958. The van der Waals surface area contributed by atoms with Gasteiger partial charge in [0.05, 0.1) is 5.56 Å². The number of aromatic carboxylic acids is 1. The van der Waals surface area contributed by atoms with E-state index in [4.69, 9.17) is 5.11 Å². The number of hydrogen-bond donors (Lipinski definition) is 2. The van der Waals surface area contributed by atoms with Crippen molar-refractivity contribution in [2.45, 2.75) is 32.9 Å². The fourth-order valence-electron chi connectivity index (χ4n) is 2.47. The van der Waals surface area contributed by atoms with Gasteiger partial charge in [0.25, 0.3) is 0 Å². The number of rotatable bonds is 6. The van der Waals surface area contributed by atoms with Crippen molar-refractivity contribution in [1.29, 1.82) is 0 Å². The van der Waals surface area contributed by atoms with Crippen LogP contribution in [-0.2, 0) is 13.0 Å². The van der Waals surface area contributed by atoms with E-state index in [9.17, 15) is 9.59 Å². The highest BCUT2D eigenvalue weighted by Gasteiger charge is 2.15. The molecule has 0 aromatic heterocycles. The van der Waals surface area contributed by atoms with Gasteiger partial charge in [0.2, 0.25) is 0 Å². The van der Waals surface area contributed by atoms with Crippen molar-refractivity contribution in [3.8, 4) is 0 Å². The van der Waals surface area contributed by atoms with Crippen molar-refractivity contribution in [3.05, 3.63) is 70.8 Å². The molecule has 0 fully saturated rings. The van der Waals surface area contributed by atoms with Crippen LogP contribution in [0, 0.1) is 6.92 Å². The highest BCUT2D eigenvalue weighted by molar-refractivity contribution is 5.87. The highest BCUT2D eigenvalue weighted by Crippen LogP contribution is 2.10. The second-order valence-electron chi connectivity index (χ2n) is 6.31. The van der Waals surface area contributed by atoms with Crippen LogP contribution in [0.5, 0.6) is 0 Å². The van der Waals surface area contributed by atoms with Gasteiger partial charge in [0.1, 0.15) is 0 Å². The molecule has 0 aliphatic carbocycles. The molecule has 0 radical (unpaired) electrons. The number of carboxylic acid groups (broad SMARTS) is 1. The second kappa shape index (κ2) is 8.33. The van der Waals surface area contributed by atoms with Gasteiger partial charge in [0.15, 0.2) is 0 Å². The van der Waals surface area contributed by atoms with E-state index in [1.54, 1.807) is 24.1 Å². The van der Waals surface area contributed by atoms with Gasteiger partial charge in [-0.1, -0.05) is 42.0 Å². The molecule has 5 nitrogen and oxygen atoms in total. The molecule has 2 N–H and O–H groups in total. The standard InChI is InChI=1S/C20H24N2O3/c1-14-4-6-16(7-5-14)12-15(2)22(3)20(25)21-13-17-8-10-18(11-9-17)19(23)24/h4-11,15H,12-13H2,1-3H3,(H,21,25)(H,23,24). The van der Waals surface area contributed by atoms with Crippen molar-refractivity contribution in [3.63, 3.8) is 0 Å². The average molecular weight is 340 g/mol. The summed E-state index contributed by atoms with van der Waals surface area (Å²) >= 11 is 0. The van der Waals surface area contributed by atoms with Crippen LogP contribution < -0.4 is 5.32 Å². The third kappa shape index (κ3) is 5.35. The lowest BCUT2D eigenvalue weighted by molar-refractivity contribution is 0.0697. The molecule has 2 aromatic rings. The largest absolute Gasteiger partial charge is 0.478 e. The first-order valence-electron chi connectivity index (χ1n) is 8.25. The fourth-order valence-corrected chi connectivity index (χ4v) is 2.47. The predicted molar refractivity (Wildman–Crippen MR) is 97.7 cm³/mol. The molecule has 0 aliphatic rings. The van der Waals surface area contributed by atoms with Crippen LogP contribution in [0.15, 0.2) is 48.5 Å². The Morgan fingerprint density at radius 2 is 1.60 bits per heavy atom. The molecule has 2 rings (SSSR count). The number of hydrogen-bond acceptors (Lipinski definition) is 2. The molecule has 0 spiro atoms. The van der Waals surface area contributed by atoms with Gasteiger partial charge in [-0.3, -0.25) is 0 Å². The van der Waals surface area contributed by atoms with Gasteiger partial charge in [0, 0.05) is 19.6 Å². The molecule has 132 valence electrons. The maximum absolute atomic E-state index is 12.3. The molecule has 1 unspecified atom stereocenters. The van der Waals surface area contributed by atoms with E-state index in [0.717, 1.165) is 12.0 Å². The van der Waals surface area contributed by atoms with E-state index in [0.29, 0.717) is 6.54 Å². The molecular weight excluding hydrogens is 316 g/mol. The molecule has 5 heteroatoms. The minimum Gasteiger partial charge on any atom is -0.478 e. The van der Waals surface area contributed by atoms with Crippen LogP contribution in [-0.4, -0.2) is 35.1 Å². The monoisotopic (exact) mass is 340 g/mol. The Hall–Kier alpha value is -2.82. The zero-order valence-corrected chi connectivity index (χ0v) is 14.8. The van der Waals surface area contributed by atoms with Crippen molar-refractivity contribution < 1.29 is 14.7 Å². The van der Waals surface area contributed by atoms with Crippen molar-refractivity contribution >= 4 is 12.0 Å². The lowest BCUT2D eigenvalue weighted by atomic mass is 10.1. The summed E-state index contributed by atoms with van der Waals surface area (Å²) in [6.07, 6.45) is 0.789. The minimum atomic E-state index is -0.958. The molecule has 2 aromatic carbocycles. The molecule has 2 amide bonds. The van der Waals surface area contributed by atoms with Gasteiger partial charge >= 0.3 is 12.0 Å². The van der Waals surface area contributed by atoms with E-state index >= 15 is 0 Å². The normalized spacial score (nSPS) is 11.6. The summed E-state index contributed by atoms with van der Waals surface area (Å²) in [4.78, 5) is 24.8. The third-order valence-electron chi connectivity index (χ3n) is 4.28. The number of likely N-dealkylation sites (N-methyl/N-ethyl adjacent to an activating group) is 1. The summed E-state index contributed by atoms with van der Waals surface area (Å²) in [5.41, 5.74) is 3.51. The van der Waals surface area contributed by atoms with Crippen LogP contribution in [0.1, 0.15) is 34.0 Å². The Labute approximate surface area is 148 Å². The summed E-state index contributed by atoms with van der Waals surface area (Å²) in [6, 6.07) is 14.7. The zero-order chi connectivity index (χ0) is 18.4. The molecule has 25 heavy (non-hydrogen) atoms. The molecular formula is C20H24N2O3. The minimum absolute atomic E-state index is 0.0668. The number of benzene rings is 2. The van der Waals surface area contributed by atoms with Crippen molar-refractivity contribution in [1.82, 2.24) is 10.2 Å². The number of carbonyl (C=O) groups excluding carboxylic acids is 1. The van der Waals surface area contributed by atoms with E-state index in [1.165, 1.54) is 23.3 Å². The van der Waals surface area contributed by atoms with Crippen LogP contribution in [0.3, 0.4) is 0 Å². The first-order chi connectivity index (χ1) is 11.9. The van der Waals surface area contributed by atoms with Crippen LogP contribution in [0.4, 0.5) is 4.79 Å². The number of nitrogens with zero attached hydrogens (tertiary/aromatic N) is 1. The van der Waals surface area contributed by atoms with E-state index in [1.807, 2.05) is 6.92 Å². The highest BCUT2D eigenvalue weighted by atomic mass is 16.4. The van der Waals surface area contributed by atoms with E-state index in [2.05, 4.69) is 36.5 Å². The Balaban J connectivity index is 1.86. The van der Waals surface area contributed by atoms with Crippen molar-refractivity contribution in [2.24, 2.45) is 0 Å². The third-order valence-corrected chi connectivity index (χ3v) is 4.28. The Morgan fingerprint density at radius 1 is 1.04 bits per heavy atom. The first-order valence-corrected chi connectivity index (χ1v) is 8.25. The molecule has 0 saturated carbocycles. The number of nitrogens with one attached hydrogen (secondary N) is 1. The summed E-state index contributed by atoms with van der Waals surface area (Å²) in [6.45, 7) is 4.43. The van der Waals surface area contributed by atoms with E-state index in [-0.39, 0.29) is 17.6 Å². The van der Waals surface area contributed by atoms with Crippen molar-refractivity contribution in [2.75, 3.05) is 7.05 Å². The van der Waals surface area contributed by atoms with Gasteiger partial charge < -0.3 is 15.3 Å². The SMILES string of the molecule is Cc1ccc(CC(C)N(C)C(=O)NCc2ccc(C(=O)O)cc2)cc1. The predicted octanol–water partition coefficient (Wildman–Crippen LogP) is 3.47. The number of carbonyl (C=O) groups is 2. The maximum atomic E-state index is 12.3. The molecule has 1 atom stereocenters. The van der Waals surface area contributed by atoms with Crippen LogP contribution in [0.2, 0.25) is 0 Å². The van der Waals surface area contributed by atoms with Gasteiger partial charge in [-0.05, 0) is 43.5 Å². The Bertz CT molecular complexity index is 724. The van der Waals surface area contributed by atoms with E-state index < -0.39 is 5.97 Å². The smallest absolute Gasteiger partial charge is 0.335 e. The second-order valence-corrected chi connectivity index (χ2v) is 6.31. The fraction of sp³-hybridized carbons (Fsp3) is 0.300. The summed E-state index contributed by atoms with van der Waals surface area (Å²) < 4.78 is 0. The van der Waals surface area contributed by atoms with Gasteiger partial charge in [-0.25, -0.2) is 9.59 Å². The lowest BCUT2D eigenvalue weighted by Crippen LogP contribution is -2.42. The Kier molecular flexibility index (Phi) is 6.17. The number of urea groups is 1. The Morgan fingerprint density at radius 3 is 2.16 bits per heavy atom. The van der Waals surface area contributed by atoms with Gasteiger partial charge in [-0.15, -0.1) is 0 Å². The maximum Gasteiger partial charge on any atom is 0.335 e. The zero-order valence-electron chi connectivity index (χ0n) is 14.8. The number of amides is 2. The molecule has 0 heterocycles. The lowest BCUT2D eigenvalue weighted by Gasteiger charge is -2.25. The molecule has 0 aliphatic heterocycles. The number of carboxylic acids is 1. The molecule has 0 saturated heterocycles. The number of aryl methyl sites for hydroxylation is 1. The van der Waals surface area contributed by atoms with Gasteiger partial charge in [-0.2, -0.15) is 0 Å². The topological polar surface area (TPSA) is 69.6 Å². The quantitative estimate of drug-likeness (QED) is 0.846. The first kappa shape index (κ1) is 18.5. The molecule has 0 bridgehead atoms. The van der Waals surface area contributed by atoms with Crippen LogP contribution in [0.25, 0.3) is 0 Å². The average Bonchev–Trinajstić information content (AvgIpc) is 2.61. The summed E-state index contributed by atoms with van der Waals surface area (Å²) in [5, 5.41) is 11.8. The van der Waals surface area contributed by atoms with Crippen LogP contribution >= 0.6 is 0 Å². The summed E-state index contributed by atoms with van der Waals surface area (Å²) in [7, 11) is 1.78.